The van der Waals surface area contributed by atoms with E-state index in [-0.39, 0.29) is 12.0 Å². The molecule has 1 aromatic heterocycles. The Morgan fingerprint density at radius 1 is 1.27 bits per heavy atom. The second-order valence-corrected chi connectivity index (χ2v) is 6.45. The number of ether oxygens (including phenoxy) is 1. The molecule has 120 valence electrons. The van der Waals surface area contributed by atoms with Crippen LogP contribution in [0.2, 0.25) is 0 Å². The fourth-order valence-electron chi connectivity index (χ4n) is 3.83. The van der Waals surface area contributed by atoms with E-state index >= 15 is 0 Å². The Labute approximate surface area is 132 Å². The summed E-state index contributed by atoms with van der Waals surface area (Å²) in [7, 11) is 0. The topological polar surface area (TPSA) is 42.4 Å². The average Bonchev–Trinajstić information content (AvgIpc) is 2.62. The third-order valence-electron chi connectivity index (χ3n) is 5.14. The van der Waals surface area contributed by atoms with Gasteiger partial charge in [0.05, 0.1) is 12.0 Å². The first-order valence-corrected chi connectivity index (χ1v) is 8.60. The minimum atomic E-state index is 0.0798. The Morgan fingerprint density at radius 2 is 2.00 bits per heavy atom. The van der Waals surface area contributed by atoms with E-state index in [2.05, 4.69) is 28.9 Å². The number of pyridine rings is 1. The van der Waals surface area contributed by atoms with Gasteiger partial charge < -0.3 is 9.64 Å². The van der Waals surface area contributed by atoms with Crippen LogP contribution >= 0.6 is 0 Å². The van der Waals surface area contributed by atoms with Gasteiger partial charge in [0.1, 0.15) is 0 Å². The summed E-state index contributed by atoms with van der Waals surface area (Å²) < 4.78 is 5.79. The fourth-order valence-corrected chi connectivity index (χ4v) is 3.83. The lowest BCUT2D eigenvalue weighted by Gasteiger charge is -2.38. The highest BCUT2D eigenvalue weighted by Crippen LogP contribution is 2.30. The molecule has 0 spiro atoms. The number of carbonyl (C=O) groups excluding carboxylic acids is 1. The molecule has 0 unspecified atom stereocenters. The van der Waals surface area contributed by atoms with Crippen LogP contribution in [-0.2, 0) is 9.53 Å². The Hall–Kier alpha value is -1.42. The highest BCUT2D eigenvalue weighted by molar-refractivity contribution is 5.79. The Balaban J connectivity index is 1.57. The minimum Gasteiger partial charge on any atom is -0.377 e. The van der Waals surface area contributed by atoms with Gasteiger partial charge in [-0.25, -0.2) is 0 Å². The van der Waals surface area contributed by atoms with Gasteiger partial charge >= 0.3 is 0 Å². The minimum absolute atomic E-state index is 0.0798. The lowest BCUT2D eigenvalue weighted by Crippen LogP contribution is -2.46. The van der Waals surface area contributed by atoms with E-state index in [9.17, 15) is 4.79 Å². The van der Waals surface area contributed by atoms with E-state index in [1.54, 1.807) is 0 Å². The normalized spacial score (nSPS) is 26.9. The average molecular weight is 302 g/mol. The van der Waals surface area contributed by atoms with Crippen molar-refractivity contribution in [1.29, 1.82) is 0 Å². The first kappa shape index (κ1) is 15.5. The molecule has 2 aliphatic heterocycles. The van der Waals surface area contributed by atoms with Gasteiger partial charge in [-0.3, -0.25) is 9.78 Å². The molecule has 2 saturated heterocycles. The van der Waals surface area contributed by atoms with E-state index in [0.29, 0.717) is 11.8 Å². The third-order valence-corrected chi connectivity index (χ3v) is 5.14. The molecule has 3 heterocycles. The summed E-state index contributed by atoms with van der Waals surface area (Å²) in [6, 6.07) is 4.20. The van der Waals surface area contributed by atoms with Crippen molar-refractivity contribution >= 4 is 5.91 Å². The first-order valence-electron chi connectivity index (χ1n) is 8.60. The molecule has 0 N–H and O–H groups in total. The Morgan fingerprint density at radius 3 is 2.68 bits per heavy atom. The van der Waals surface area contributed by atoms with Crippen molar-refractivity contribution in [2.75, 3.05) is 19.7 Å². The maximum atomic E-state index is 12.8. The maximum absolute atomic E-state index is 12.8. The van der Waals surface area contributed by atoms with Gasteiger partial charge in [0.25, 0.3) is 0 Å². The van der Waals surface area contributed by atoms with Crippen molar-refractivity contribution in [2.24, 2.45) is 5.92 Å². The van der Waals surface area contributed by atoms with Gasteiger partial charge in [-0.1, -0.05) is 6.92 Å². The molecule has 22 heavy (non-hydrogen) atoms. The van der Waals surface area contributed by atoms with E-state index in [0.717, 1.165) is 51.8 Å². The summed E-state index contributed by atoms with van der Waals surface area (Å²) in [5.74, 6) is 0.965. The third kappa shape index (κ3) is 3.32. The summed E-state index contributed by atoms with van der Waals surface area (Å²) in [4.78, 5) is 19.0. The van der Waals surface area contributed by atoms with Crippen molar-refractivity contribution in [2.45, 2.75) is 51.0 Å². The van der Waals surface area contributed by atoms with Crippen molar-refractivity contribution in [3.05, 3.63) is 30.1 Å². The smallest absolute Gasteiger partial charge is 0.228 e. The number of hydrogen-bond acceptors (Lipinski definition) is 3. The van der Waals surface area contributed by atoms with Crippen LogP contribution in [0.15, 0.2) is 24.5 Å². The molecule has 4 nitrogen and oxygen atoms in total. The van der Waals surface area contributed by atoms with Gasteiger partial charge in [0.15, 0.2) is 0 Å². The largest absolute Gasteiger partial charge is 0.377 e. The summed E-state index contributed by atoms with van der Waals surface area (Å²) in [6.45, 7) is 4.68. The molecule has 2 aliphatic rings. The van der Waals surface area contributed by atoms with Crippen molar-refractivity contribution in [1.82, 2.24) is 9.88 Å². The highest BCUT2D eigenvalue weighted by atomic mass is 16.5. The number of nitrogens with zero attached hydrogens (tertiary/aromatic N) is 2. The van der Waals surface area contributed by atoms with Crippen molar-refractivity contribution < 1.29 is 9.53 Å². The predicted molar refractivity (Wildman–Crippen MR) is 85.5 cm³/mol. The van der Waals surface area contributed by atoms with Crippen LogP contribution in [0.25, 0.3) is 0 Å². The second kappa shape index (κ2) is 7.23. The number of rotatable bonds is 3. The Kier molecular flexibility index (Phi) is 5.08. The number of aromatic nitrogens is 1. The zero-order valence-corrected chi connectivity index (χ0v) is 13.4. The number of carbonyl (C=O) groups is 1. The monoisotopic (exact) mass is 302 g/mol. The fraction of sp³-hybridized carbons (Fsp3) is 0.667. The van der Waals surface area contributed by atoms with Crippen molar-refractivity contribution in [3.63, 3.8) is 0 Å². The molecule has 1 aromatic rings. The lowest BCUT2D eigenvalue weighted by molar-refractivity contribution is -0.146. The molecular weight excluding hydrogens is 276 g/mol. The molecule has 0 radical (unpaired) electrons. The van der Waals surface area contributed by atoms with Gasteiger partial charge in [0, 0.05) is 32.1 Å². The van der Waals surface area contributed by atoms with Crippen LogP contribution in [0.1, 0.15) is 50.5 Å². The molecule has 1 amide bonds. The number of likely N-dealkylation sites (tertiary alicyclic amines) is 1. The summed E-state index contributed by atoms with van der Waals surface area (Å²) in [5.41, 5.74) is 1.36. The van der Waals surface area contributed by atoms with Crippen LogP contribution in [0.5, 0.6) is 0 Å². The molecule has 0 saturated carbocycles. The standard InChI is InChI=1S/C18H26N2O2/c1-2-17-16(4-3-13-22-17)18(21)20-11-7-15(8-12-20)14-5-9-19-10-6-14/h5-6,9-10,15-17H,2-4,7-8,11-13H2,1H3/t16-,17-/m0/s1. The molecule has 0 aliphatic carbocycles. The maximum Gasteiger partial charge on any atom is 0.228 e. The van der Waals surface area contributed by atoms with Crippen LogP contribution < -0.4 is 0 Å². The zero-order valence-electron chi connectivity index (χ0n) is 13.4. The van der Waals surface area contributed by atoms with E-state index in [1.165, 1.54) is 5.56 Å². The number of piperidine rings is 1. The van der Waals surface area contributed by atoms with Gasteiger partial charge in [-0.05, 0) is 55.7 Å². The molecule has 2 atom stereocenters. The molecular formula is C18H26N2O2. The zero-order chi connectivity index (χ0) is 15.4. The van der Waals surface area contributed by atoms with Gasteiger partial charge in [0.2, 0.25) is 5.91 Å². The van der Waals surface area contributed by atoms with E-state index in [1.807, 2.05) is 12.4 Å². The van der Waals surface area contributed by atoms with E-state index < -0.39 is 0 Å². The van der Waals surface area contributed by atoms with Crippen LogP contribution in [0.4, 0.5) is 0 Å². The lowest BCUT2D eigenvalue weighted by atomic mass is 9.87. The highest BCUT2D eigenvalue weighted by Gasteiger charge is 2.35. The molecule has 0 bridgehead atoms. The first-order chi connectivity index (χ1) is 10.8. The Bertz CT molecular complexity index is 483. The number of amides is 1. The SMILES string of the molecule is CC[C@@H]1OCCC[C@@H]1C(=O)N1CCC(c2ccncc2)CC1. The molecule has 3 rings (SSSR count). The summed E-state index contributed by atoms with van der Waals surface area (Å²) in [5, 5.41) is 0. The van der Waals surface area contributed by atoms with Gasteiger partial charge in [-0.15, -0.1) is 0 Å². The molecule has 0 aromatic carbocycles. The molecule has 2 fully saturated rings. The predicted octanol–water partition coefficient (Wildman–Crippen LogP) is 2.99. The number of hydrogen-bond donors (Lipinski definition) is 0. The summed E-state index contributed by atoms with van der Waals surface area (Å²) in [6.07, 6.45) is 8.89. The van der Waals surface area contributed by atoms with Crippen LogP contribution in [0.3, 0.4) is 0 Å². The molecule has 4 heteroatoms. The second-order valence-electron chi connectivity index (χ2n) is 6.45. The van der Waals surface area contributed by atoms with Crippen LogP contribution in [0, 0.1) is 5.92 Å². The van der Waals surface area contributed by atoms with E-state index in [4.69, 9.17) is 4.74 Å². The van der Waals surface area contributed by atoms with Gasteiger partial charge in [-0.2, -0.15) is 0 Å². The quantitative estimate of drug-likeness (QED) is 0.862. The van der Waals surface area contributed by atoms with Crippen LogP contribution in [-0.4, -0.2) is 41.6 Å². The van der Waals surface area contributed by atoms with Crippen molar-refractivity contribution in [3.8, 4) is 0 Å². The summed E-state index contributed by atoms with van der Waals surface area (Å²) >= 11 is 0.